The van der Waals surface area contributed by atoms with Crippen LogP contribution >= 0.6 is 11.3 Å². The monoisotopic (exact) mass is 349 g/mol. The number of likely N-dealkylation sites (tertiary alicyclic amines) is 1. The molecule has 0 saturated carbocycles. The molecule has 0 amide bonds. The first-order chi connectivity index (χ1) is 12.3. The number of hydrogen-bond acceptors (Lipinski definition) is 4. The van der Waals surface area contributed by atoms with Gasteiger partial charge < -0.3 is 9.72 Å². The molecule has 5 rings (SSSR count). The van der Waals surface area contributed by atoms with Crippen molar-refractivity contribution in [2.24, 2.45) is 0 Å². The van der Waals surface area contributed by atoms with Crippen molar-refractivity contribution in [1.82, 2.24) is 14.9 Å². The summed E-state index contributed by atoms with van der Waals surface area (Å²) in [5.74, 6) is 0.832. The van der Waals surface area contributed by atoms with Crippen LogP contribution in [0.25, 0.3) is 21.1 Å². The average Bonchev–Trinajstić information content (AvgIpc) is 3.33. The molecule has 5 heteroatoms. The number of H-pyrrole nitrogens is 1. The predicted molar refractivity (Wildman–Crippen MR) is 103 cm³/mol. The Bertz CT molecular complexity index is 997. The van der Waals surface area contributed by atoms with E-state index < -0.39 is 0 Å². The van der Waals surface area contributed by atoms with Crippen molar-refractivity contribution in [3.8, 4) is 10.9 Å². The molecule has 25 heavy (non-hydrogen) atoms. The van der Waals surface area contributed by atoms with E-state index in [4.69, 9.17) is 4.74 Å². The maximum Gasteiger partial charge on any atom is 0.279 e. The first-order valence-electron chi connectivity index (χ1n) is 8.71. The molecule has 4 nitrogen and oxygen atoms in total. The molecule has 3 heterocycles. The molecule has 4 aromatic rings. The molecule has 2 aromatic heterocycles. The number of para-hydroxylation sites is 1. The van der Waals surface area contributed by atoms with Crippen LogP contribution in [0.2, 0.25) is 0 Å². The molecule has 0 bridgehead atoms. The zero-order valence-electron chi connectivity index (χ0n) is 13.9. The van der Waals surface area contributed by atoms with Crippen molar-refractivity contribution >= 4 is 32.5 Å². The molecule has 0 atom stereocenters. The normalized spacial score (nSPS) is 15.4. The molecule has 1 N–H and O–H groups in total. The van der Waals surface area contributed by atoms with Crippen LogP contribution in [-0.4, -0.2) is 28.0 Å². The SMILES string of the molecule is c1ccc2sc(Oc3ccc4[nH]c(CN5CCCC5)cc4c3)nc2c1. The number of aromatic amines is 1. The predicted octanol–water partition coefficient (Wildman–Crippen LogP) is 5.17. The topological polar surface area (TPSA) is 41.1 Å². The number of ether oxygens (including phenoxy) is 1. The number of fused-ring (bicyclic) bond motifs is 2. The molecule has 0 unspecified atom stereocenters. The standard InChI is InChI=1S/C20H19N3OS/c1-2-6-19-18(5-1)22-20(25-19)24-16-7-8-17-14(12-16)11-15(21-17)13-23-9-3-4-10-23/h1-2,5-8,11-12,21H,3-4,9-10,13H2. The van der Waals surface area contributed by atoms with Crippen LogP contribution in [0.15, 0.2) is 48.5 Å². The maximum atomic E-state index is 6.00. The van der Waals surface area contributed by atoms with Crippen LogP contribution in [0, 0.1) is 0 Å². The molecule has 2 aromatic carbocycles. The fourth-order valence-electron chi connectivity index (χ4n) is 3.50. The largest absolute Gasteiger partial charge is 0.431 e. The van der Waals surface area contributed by atoms with Crippen LogP contribution in [0.4, 0.5) is 0 Å². The van der Waals surface area contributed by atoms with E-state index in [0.29, 0.717) is 5.19 Å². The summed E-state index contributed by atoms with van der Waals surface area (Å²) in [6.45, 7) is 3.42. The molecule has 1 saturated heterocycles. The maximum absolute atomic E-state index is 6.00. The second-order valence-electron chi connectivity index (χ2n) is 6.58. The Kier molecular flexibility index (Phi) is 3.68. The van der Waals surface area contributed by atoms with Crippen molar-refractivity contribution in [2.45, 2.75) is 19.4 Å². The summed E-state index contributed by atoms with van der Waals surface area (Å²) in [6, 6.07) is 16.5. The van der Waals surface area contributed by atoms with Gasteiger partial charge in [0.05, 0.1) is 10.2 Å². The third-order valence-electron chi connectivity index (χ3n) is 4.72. The Balaban J connectivity index is 1.39. The second-order valence-corrected chi connectivity index (χ2v) is 7.57. The van der Waals surface area contributed by atoms with Gasteiger partial charge in [0.1, 0.15) is 5.75 Å². The number of nitrogens with zero attached hydrogens (tertiary/aromatic N) is 2. The molecule has 126 valence electrons. The van der Waals surface area contributed by atoms with E-state index in [1.807, 2.05) is 24.3 Å². The summed E-state index contributed by atoms with van der Waals surface area (Å²) in [4.78, 5) is 10.6. The van der Waals surface area contributed by atoms with E-state index in [9.17, 15) is 0 Å². The van der Waals surface area contributed by atoms with E-state index in [2.05, 4.69) is 39.1 Å². The van der Waals surface area contributed by atoms with Gasteiger partial charge in [-0.25, -0.2) is 4.98 Å². The minimum atomic E-state index is 0.688. The third-order valence-corrected chi connectivity index (χ3v) is 5.63. The summed E-state index contributed by atoms with van der Waals surface area (Å²) in [7, 11) is 0. The van der Waals surface area contributed by atoms with Gasteiger partial charge >= 0.3 is 0 Å². The van der Waals surface area contributed by atoms with Gasteiger partial charge in [-0.2, -0.15) is 0 Å². The molecule has 0 aliphatic carbocycles. The van der Waals surface area contributed by atoms with Crippen LogP contribution in [0.5, 0.6) is 10.9 Å². The summed E-state index contributed by atoms with van der Waals surface area (Å²) in [5, 5.41) is 1.88. The molecule has 1 aliphatic rings. The second kappa shape index (κ2) is 6.17. The van der Waals surface area contributed by atoms with E-state index >= 15 is 0 Å². The molecule has 0 spiro atoms. The van der Waals surface area contributed by atoms with Gasteiger partial charge in [0.15, 0.2) is 0 Å². The Morgan fingerprint density at radius 1 is 1.08 bits per heavy atom. The number of thiazole rings is 1. The Hall–Kier alpha value is -2.37. The molecule has 1 fully saturated rings. The fraction of sp³-hybridized carbons (Fsp3) is 0.250. The Morgan fingerprint density at radius 2 is 1.96 bits per heavy atom. The number of hydrogen-bond donors (Lipinski definition) is 1. The highest BCUT2D eigenvalue weighted by Crippen LogP contribution is 2.32. The van der Waals surface area contributed by atoms with Gasteiger partial charge in [-0.05, 0) is 62.3 Å². The molecular weight excluding hydrogens is 330 g/mol. The van der Waals surface area contributed by atoms with Crippen LogP contribution < -0.4 is 4.74 Å². The summed E-state index contributed by atoms with van der Waals surface area (Å²) >= 11 is 1.58. The van der Waals surface area contributed by atoms with E-state index in [1.165, 1.54) is 37.0 Å². The Morgan fingerprint density at radius 3 is 2.84 bits per heavy atom. The lowest BCUT2D eigenvalue weighted by atomic mass is 10.2. The van der Waals surface area contributed by atoms with Crippen molar-refractivity contribution < 1.29 is 4.74 Å². The molecule has 0 radical (unpaired) electrons. The van der Waals surface area contributed by atoms with Crippen LogP contribution in [0.1, 0.15) is 18.5 Å². The van der Waals surface area contributed by atoms with Crippen molar-refractivity contribution in [3.05, 3.63) is 54.2 Å². The number of aromatic nitrogens is 2. The van der Waals surface area contributed by atoms with Gasteiger partial charge in [-0.15, -0.1) is 0 Å². The van der Waals surface area contributed by atoms with Gasteiger partial charge in [0.25, 0.3) is 5.19 Å². The Labute approximate surface area is 150 Å². The molecule has 1 aliphatic heterocycles. The van der Waals surface area contributed by atoms with Gasteiger partial charge in [-0.1, -0.05) is 23.5 Å². The van der Waals surface area contributed by atoms with Crippen LogP contribution in [-0.2, 0) is 6.54 Å². The van der Waals surface area contributed by atoms with E-state index in [-0.39, 0.29) is 0 Å². The van der Waals surface area contributed by atoms with Gasteiger partial charge in [-0.3, -0.25) is 4.90 Å². The number of nitrogens with one attached hydrogen (secondary N) is 1. The third kappa shape index (κ3) is 3.01. The number of benzene rings is 2. The van der Waals surface area contributed by atoms with Crippen molar-refractivity contribution in [3.63, 3.8) is 0 Å². The smallest absolute Gasteiger partial charge is 0.279 e. The summed E-state index contributed by atoms with van der Waals surface area (Å²) < 4.78 is 7.14. The zero-order chi connectivity index (χ0) is 16.6. The van der Waals surface area contributed by atoms with Gasteiger partial charge in [0.2, 0.25) is 0 Å². The summed E-state index contributed by atoms with van der Waals surface area (Å²) in [5.41, 5.74) is 3.41. The van der Waals surface area contributed by atoms with Crippen molar-refractivity contribution in [1.29, 1.82) is 0 Å². The highest BCUT2D eigenvalue weighted by molar-refractivity contribution is 7.20. The minimum Gasteiger partial charge on any atom is -0.431 e. The lowest BCUT2D eigenvalue weighted by Gasteiger charge is -2.12. The highest BCUT2D eigenvalue weighted by Gasteiger charge is 2.13. The average molecular weight is 349 g/mol. The lowest BCUT2D eigenvalue weighted by molar-refractivity contribution is 0.328. The quantitative estimate of drug-likeness (QED) is 0.553. The molecular formula is C20H19N3OS. The first-order valence-corrected chi connectivity index (χ1v) is 9.53. The van der Waals surface area contributed by atoms with E-state index in [1.54, 1.807) is 11.3 Å². The number of rotatable bonds is 4. The lowest BCUT2D eigenvalue weighted by Crippen LogP contribution is -2.18. The fourth-order valence-corrected chi connectivity index (χ4v) is 4.33. The van der Waals surface area contributed by atoms with Gasteiger partial charge in [0, 0.05) is 23.1 Å². The van der Waals surface area contributed by atoms with Crippen LogP contribution in [0.3, 0.4) is 0 Å². The highest BCUT2D eigenvalue weighted by atomic mass is 32.1. The van der Waals surface area contributed by atoms with E-state index in [0.717, 1.165) is 28.0 Å². The minimum absolute atomic E-state index is 0.688. The zero-order valence-corrected chi connectivity index (χ0v) is 14.7. The first kappa shape index (κ1) is 14.9. The van der Waals surface area contributed by atoms with Crippen molar-refractivity contribution in [2.75, 3.05) is 13.1 Å². The summed E-state index contributed by atoms with van der Waals surface area (Å²) in [6.07, 6.45) is 2.64.